The minimum absolute atomic E-state index is 0.0803. The van der Waals surface area contributed by atoms with E-state index in [0.717, 1.165) is 5.56 Å². The number of rotatable bonds is 2. The summed E-state index contributed by atoms with van der Waals surface area (Å²) in [6.07, 6.45) is 2.10. The first-order valence-corrected chi connectivity index (χ1v) is 7.00. The first kappa shape index (κ1) is 13.0. The number of nitriles is 1. The van der Waals surface area contributed by atoms with Gasteiger partial charge in [0.15, 0.2) is 0 Å². The van der Waals surface area contributed by atoms with E-state index >= 15 is 0 Å². The Labute approximate surface area is 115 Å². The minimum Gasteiger partial charge on any atom is -0.320 e. The van der Waals surface area contributed by atoms with E-state index in [0.29, 0.717) is 15.6 Å². The summed E-state index contributed by atoms with van der Waals surface area (Å²) in [6, 6.07) is 9.52. The molecule has 1 amide bonds. The predicted molar refractivity (Wildman–Crippen MR) is 73.1 cm³/mol. The minimum atomic E-state index is -0.250. The number of amides is 1. The second-order valence-electron chi connectivity index (χ2n) is 3.89. The lowest BCUT2D eigenvalue weighted by Crippen LogP contribution is -2.30. The summed E-state index contributed by atoms with van der Waals surface area (Å²) in [6.45, 7) is 0. The van der Waals surface area contributed by atoms with Gasteiger partial charge < -0.3 is 5.32 Å². The number of thioether (sulfide) groups is 1. The number of hydrogen-bond donors (Lipinski definition) is 1. The van der Waals surface area contributed by atoms with Gasteiger partial charge in [0.2, 0.25) is 5.91 Å². The van der Waals surface area contributed by atoms with E-state index < -0.39 is 0 Å². The zero-order chi connectivity index (χ0) is 13.1. The third kappa shape index (κ3) is 2.38. The molecule has 1 aliphatic rings. The maximum absolute atomic E-state index is 11.7. The number of allylic oxidation sites excluding steroid dienone is 1. The van der Waals surface area contributed by atoms with Crippen molar-refractivity contribution in [3.05, 3.63) is 45.5 Å². The number of carbonyl (C=O) groups is 1. The van der Waals surface area contributed by atoms with Crippen molar-refractivity contribution in [2.45, 2.75) is 12.3 Å². The number of nitrogens with zero attached hydrogens (tertiary/aromatic N) is 1. The van der Waals surface area contributed by atoms with Crippen LogP contribution in [-0.2, 0) is 4.79 Å². The maximum atomic E-state index is 11.7. The Bertz CT molecular complexity index is 562. The topological polar surface area (TPSA) is 52.9 Å². The molecule has 1 N–H and O–H groups in total. The Kier molecular flexibility index (Phi) is 3.95. The van der Waals surface area contributed by atoms with Crippen LogP contribution in [0.1, 0.15) is 17.9 Å². The molecular formula is C13H11ClN2OS. The van der Waals surface area contributed by atoms with E-state index in [2.05, 4.69) is 11.4 Å². The third-order valence-corrected chi connectivity index (χ3v) is 3.92. The van der Waals surface area contributed by atoms with Crippen molar-refractivity contribution in [3.63, 3.8) is 0 Å². The molecule has 0 spiro atoms. The third-order valence-electron chi connectivity index (χ3n) is 2.84. The summed E-state index contributed by atoms with van der Waals surface area (Å²) >= 11 is 7.52. The van der Waals surface area contributed by atoms with Gasteiger partial charge in [0.25, 0.3) is 0 Å². The van der Waals surface area contributed by atoms with Crippen molar-refractivity contribution in [1.29, 1.82) is 5.26 Å². The fourth-order valence-corrected chi connectivity index (χ4v) is 2.89. The second kappa shape index (κ2) is 5.47. The van der Waals surface area contributed by atoms with Crippen LogP contribution in [0, 0.1) is 11.3 Å². The van der Waals surface area contributed by atoms with Crippen LogP contribution in [0.15, 0.2) is 34.9 Å². The fraction of sp³-hybridized carbons (Fsp3) is 0.231. The Morgan fingerprint density at radius 3 is 2.83 bits per heavy atom. The van der Waals surface area contributed by atoms with Gasteiger partial charge in [-0.3, -0.25) is 4.79 Å². The fourth-order valence-electron chi connectivity index (χ4n) is 2.00. The first-order chi connectivity index (χ1) is 8.67. The molecule has 5 heteroatoms. The summed E-state index contributed by atoms with van der Waals surface area (Å²) in [5.74, 6) is -0.330. The summed E-state index contributed by atoms with van der Waals surface area (Å²) in [7, 11) is 0. The van der Waals surface area contributed by atoms with Crippen LogP contribution in [0.5, 0.6) is 0 Å². The van der Waals surface area contributed by atoms with Gasteiger partial charge in [0.1, 0.15) is 0 Å². The van der Waals surface area contributed by atoms with E-state index in [4.69, 9.17) is 11.6 Å². The van der Waals surface area contributed by atoms with Crippen molar-refractivity contribution in [2.24, 2.45) is 0 Å². The van der Waals surface area contributed by atoms with E-state index in [1.165, 1.54) is 11.8 Å². The lowest BCUT2D eigenvalue weighted by atomic mass is 9.87. The molecule has 2 rings (SSSR count). The van der Waals surface area contributed by atoms with Crippen LogP contribution in [-0.4, -0.2) is 12.2 Å². The van der Waals surface area contributed by atoms with Gasteiger partial charge in [0, 0.05) is 17.4 Å². The molecule has 0 fully saturated rings. The Morgan fingerprint density at radius 1 is 1.50 bits per heavy atom. The zero-order valence-electron chi connectivity index (χ0n) is 9.74. The van der Waals surface area contributed by atoms with Crippen LogP contribution in [0.4, 0.5) is 0 Å². The highest BCUT2D eigenvalue weighted by atomic mass is 35.5. The second-order valence-corrected chi connectivity index (χ2v) is 5.11. The molecule has 0 aromatic heterocycles. The van der Waals surface area contributed by atoms with Gasteiger partial charge in [-0.25, -0.2) is 0 Å². The van der Waals surface area contributed by atoms with Crippen LogP contribution in [0.3, 0.4) is 0 Å². The van der Waals surface area contributed by atoms with Crippen LogP contribution < -0.4 is 5.32 Å². The highest BCUT2D eigenvalue weighted by molar-refractivity contribution is 8.02. The van der Waals surface area contributed by atoms with Crippen molar-refractivity contribution < 1.29 is 4.79 Å². The molecule has 0 radical (unpaired) electrons. The molecule has 1 atom stereocenters. The predicted octanol–water partition coefficient (Wildman–Crippen LogP) is 3.04. The number of nitrogens with one attached hydrogen (secondary N) is 1. The highest BCUT2D eigenvalue weighted by Gasteiger charge is 2.30. The Balaban J connectivity index is 2.52. The summed E-state index contributed by atoms with van der Waals surface area (Å²) < 4.78 is 0. The van der Waals surface area contributed by atoms with Crippen molar-refractivity contribution in [2.75, 3.05) is 6.26 Å². The lowest BCUT2D eigenvalue weighted by molar-refractivity contribution is -0.120. The molecule has 0 aliphatic carbocycles. The molecule has 1 aromatic carbocycles. The molecule has 0 saturated carbocycles. The molecular weight excluding hydrogens is 268 g/mol. The van der Waals surface area contributed by atoms with Gasteiger partial charge in [-0.2, -0.15) is 5.26 Å². The lowest BCUT2D eigenvalue weighted by Gasteiger charge is -2.25. The maximum Gasteiger partial charge on any atom is 0.225 e. The largest absolute Gasteiger partial charge is 0.320 e. The monoisotopic (exact) mass is 278 g/mol. The van der Waals surface area contributed by atoms with E-state index in [1.54, 1.807) is 6.07 Å². The molecule has 3 nitrogen and oxygen atoms in total. The summed E-state index contributed by atoms with van der Waals surface area (Å²) in [5, 5.41) is 13.2. The van der Waals surface area contributed by atoms with E-state index in [-0.39, 0.29) is 18.2 Å². The average molecular weight is 279 g/mol. The van der Waals surface area contributed by atoms with E-state index in [1.807, 2.05) is 24.5 Å². The van der Waals surface area contributed by atoms with Crippen LogP contribution in [0.2, 0.25) is 5.02 Å². The molecule has 1 heterocycles. The summed E-state index contributed by atoms with van der Waals surface area (Å²) in [5.41, 5.74) is 1.41. The highest BCUT2D eigenvalue weighted by Crippen LogP contribution is 2.37. The number of halogens is 1. The van der Waals surface area contributed by atoms with Crippen molar-refractivity contribution in [3.8, 4) is 6.07 Å². The zero-order valence-corrected chi connectivity index (χ0v) is 11.3. The average Bonchev–Trinajstić information content (AvgIpc) is 2.38. The number of carbonyl (C=O) groups excluding carboxylic acids is 1. The molecule has 1 aromatic rings. The summed E-state index contributed by atoms with van der Waals surface area (Å²) in [4.78, 5) is 11.7. The van der Waals surface area contributed by atoms with Crippen LogP contribution in [0.25, 0.3) is 0 Å². The quantitative estimate of drug-likeness (QED) is 0.905. The normalized spacial score (nSPS) is 19.4. The van der Waals surface area contributed by atoms with Gasteiger partial charge in [-0.15, -0.1) is 11.8 Å². The molecule has 0 saturated heterocycles. The number of benzene rings is 1. The van der Waals surface area contributed by atoms with Gasteiger partial charge in [-0.05, 0) is 17.9 Å². The van der Waals surface area contributed by atoms with Crippen molar-refractivity contribution in [1.82, 2.24) is 5.32 Å². The molecule has 18 heavy (non-hydrogen) atoms. The smallest absolute Gasteiger partial charge is 0.225 e. The van der Waals surface area contributed by atoms with Gasteiger partial charge in [-0.1, -0.05) is 29.8 Å². The molecule has 0 bridgehead atoms. The van der Waals surface area contributed by atoms with Gasteiger partial charge >= 0.3 is 0 Å². The van der Waals surface area contributed by atoms with E-state index in [9.17, 15) is 10.1 Å². The first-order valence-electron chi connectivity index (χ1n) is 5.40. The molecule has 1 aliphatic heterocycles. The standard InChI is InChI=1S/C13H11ClN2OS/c1-18-13-10(7-15)9(6-12(17)16-13)8-4-2-3-5-11(8)14/h2-5,9H,6H2,1H3,(H,16,17)/t9-/m1/s1. The molecule has 0 unspecified atom stereocenters. The SMILES string of the molecule is CSC1=C(C#N)[C@@H](c2ccccc2Cl)CC(=O)N1. The number of hydrogen-bond acceptors (Lipinski definition) is 3. The van der Waals surface area contributed by atoms with Crippen molar-refractivity contribution >= 4 is 29.3 Å². The molecule has 92 valence electrons. The Morgan fingerprint density at radius 2 is 2.22 bits per heavy atom. The van der Waals surface area contributed by atoms with Gasteiger partial charge in [0.05, 0.1) is 16.7 Å². The van der Waals surface area contributed by atoms with Crippen LogP contribution >= 0.6 is 23.4 Å². The Hall–Kier alpha value is -1.44.